The quantitative estimate of drug-likeness (QED) is 0.245. The van der Waals surface area contributed by atoms with Gasteiger partial charge in [-0.3, -0.25) is 4.79 Å². The van der Waals surface area contributed by atoms with Crippen molar-refractivity contribution in [2.45, 2.75) is 0 Å². The molecule has 1 amide bonds. The maximum absolute atomic E-state index is 11.0. The molecule has 96 valence electrons. The first-order valence-electron chi connectivity index (χ1n) is 4.72. The van der Waals surface area contributed by atoms with Gasteiger partial charge in [-0.15, -0.1) is 11.6 Å². The molecule has 0 saturated carbocycles. The molecule has 0 fully saturated rings. The largest absolute Gasteiger partial charge is 0.364 e. The molecular formula is C9H10ClN5O3. The molecule has 4 N–H and O–H groups in total. The summed E-state index contributed by atoms with van der Waals surface area (Å²) in [6, 6.07) is 6.33. The number of benzene rings is 1. The highest BCUT2D eigenvalue weighted by Gasteiger charge is 2.02. The van der Waals surface area contributed by atoms with Gasteiger partial charge in [-0.1, -0.05) is 0 Å². The fraction of sp³-hybridized carbons (Fsp3) is 0.111. The smallest absolute Gasteiger partial charge is 0.270 e. The number of guanidine groups is 1. The first-order chi connectivity index (χ1) is 8.51. The molecule has 0 aromatic heterocycles. The van der Waals surface area contributed by atoms with Crippen LogP contribution >= 0.6 is 11.6 Å². The second-order valence-electron chi connectivity index (χ2n) is 3.11. The number of nitrogens with zero attached hydrogens (tertiary/aromatic N) is 2. The standard InChI is InChI=1S/C9H10ClN5O3/c10-5-8(16)12-6-1-3-7(4-2-6)13-9(11)14-15(17)18/h1-4H,5H2,(H,12,16)(H3,11,13,14). The van der Waals surface area contributed by atoms with Gasteiger partial charge in [0.2, 0.25) is 5.91 Å². The van der Waals surface area contributed by atoms with E-state index in [-0.39, 0.29) is 17.7 Å². The van der Waals surface area contributed by atoms with Gasteiger partial charge in [0.25, 0.3) is 5.96 Å². The average Bonchev–Trinajstić information content (AvgIpc) is 2.30. The molecule has 0 aliphatic carbocycles. The molecule has 1 aromatic rings. The maximum atomic E-state index is 11.0. The van der Waals surface area contributed by atoms with Crippen molar-refractivity contribution in [2.24, 2.45) is 10.8 Å². The Kier molecular flexibility index (Phi) is 4.88. The summed E-state index contributed by atoms with van der Waals surface area (Å²) in [7, 11) is 0. The topological polar surface area (TPSA) is 123 Å². The molecule has 0 unspecified atom stereocenters. The van der Waals surface area contributed by atoms with Crippen LogP contribution < -0.4 is 16.4 Å². The number of nitro groups is 1. The van der Waals surface area contributed by atoms with Gasteiger partial charge in [-0.25, -0.2) is 10.1 Å². The Morgan fingerprint density at radius 1 is 1.33 bits per heavy atom. The van der Waals surface area contributed by atoms with E-state index in [2.05, 4.69) is 15.7 Å². The monoisotopic (exact) mass is 271 g/mol. The number of amides is 1. The molecule has 18 heavy (non-hydrogen) atoms. The summed E-state index contributed by atoms with van der Waals surface area (Å²) < 4.78 is 0. The Morgan fingerprint density at radius 2 is 1.83 bits per heavy atom. The molecule has 0 heterocycles. The summed E-state index contributed by atoms with van der Waals surface area (Å²) in [5.41, 5.74) is 6.31. The first-order valence-corrected chi connectivity index (χ1v) is 5.26. The SMILES string of the molecule is N/C(=N\[N+](=O)[O-])Nc1ccc(NC(=O)CCl)cc1. The van der Waals surface area contributed by atoms with Gasteiger partial charge in [-0.2, -0.15) is 0 Å². The highest BCUT2D eigenvalue weighted by Crippen LogP contribution is 2.13. The lowest BCUT2D eigenvalue weighted by Gasteiger charge is -2.05. The van der Waals surface area contributed by atoms with Crippen LogP contribution in [-0.2, 0) is 4.79 Å². The van der Waals surface area contributed by atoms with Gasteiger partial charge in [0.1, 0.15) is 11.0 Å². The number of hydrogen-bond acceptors (Lipinski definition) is 3. The number of anilines is 2. The molecule has 9 heteroatoms. The summed E-state index contributed by atoms with van der Waals surface area (Å²) in [6.45, 7) is 0. The Labute approximate surface area is 107 Å². The number of carbonyl (C=O) groups is 1. The molecule has 0 saturated heterocycles. The molecule has 0 atom stereocenters. The zero-order chi connectivity index (χ0) is 13.5. The van der Waals surface area contributed by atoms with Crippen molar-refractivity contribution >= 4 is 34.8 Å². The molecule has 1 rings (SSSR count). The summed E-state index contributed by atoms with van der Waals surface area (Å²) in [6.07, 6.45) is 0. The van der Waals surface area contributed by atoms with Crippen LogP contribution in [0, 0.1) is 10.1 Å². The van der Waals surface area contributed by atoms with E-state index >= 15 is 0 Å². The molecule has 0 spiro atoms. The van der Waals surface area contributed by atoms with Crippen molar-refractivity contribution in [1.82, 2.24) is 0 Å². The van der Waals surface area contributed by atoms with Crippen molar-refractivity contribution in [2.75, 3.05) is 16.5 Å². The third-order valence-electron chi connectivity index (χ3n) is 1.75. The van der Waals surface area contributed by atoms with E-state index < -0.39 is 5.03 Å². The fourth-order valence-electron chi connectivity index (χ4n) is 1.09. The Morgan fingerprint density at radius 3 is 2.28 bits per heavy atom. The summed E-state index contributed by atoms with van der Waals surface area (Å²) in [5.74, 6) is -0.799. The summed E-state index contributed by atoms with van der Waals surface area (Å²) in [5, 5.41) is 17.1. The third-order valence-corrected chi connectivity index (χ3v) is 1.99. The van der Waals surface area contributed by atoms with Crippen LogP contribution in [0.2, 0.25) is 0 Å². The number of rotatable bonds is 4. The molecule has 1 aromatic carbocycles. The second-order valence-corrected chi connectivity index (χ2v) is 3.37. The predicted molar refractivity (Wildman–Crippen MR) is 68.0 cm³/mol. The minimum absolute atomic E-state index is 0.136. The van der Waals surface area contributed by atoms with Gasteiger partial charge in [0, 0.05) is 11.4 Å². The highest BCUT2D eigenvalue weighted by molar-refractivity contribution is 6.29. The molecular weight excluding hydrogens is 262 g/mol. The van der Waals surface area contributed by atoms with Crippen molar-refractivity contribution in [3.63, 3.8) is 0 Å². The number of nitrogens with one attached hydrogen (secondary N) is 2. The van der Waals surface area contributed by atoms with E-state index in [0.29, 0.717) is 11.4 Å². The number of halogens is 1. The number of nitrogens with two attached hydrogens (primary N) is 1. The lowest BCUT2D eigenvalue weighted by molar-refractivity contribution is -0.485. The van der Waals surface area contributed by atoms with E-state index in [1.165, 1.54) is 0 Å². The lowest BCUT2D eigenvalue weighted by Crippen LogP contribution is -2.23. The first kappa shape index (κ1) is 13.7. The average molecular weight is 272 g/mol. The fourth-order valence-corrected chi connectivity index (χ4v) is 1.16. The van der Waals surface area contributed by atoms with Crippen molar-refractivity contribution in [3.8, 4) is 0 Å². The number of alkyl halides is 1. The van der Waals surface area contributed by atoms with E-state index in [0.717, 1.165) is 0 Å². The predicted octanol–water partition coefficient (Wildman–Crippen LogP) is 0.782. The zero-order valence-electron chi connectivity index (χ0n) is 9.09. The third kappa shape index (κ3) is 4.66. The van der Waals surface area contributed by atoms with Crippen LogP contribution in [0.1, 0.15) is 0 Å². The highest BCUT2D eigenvalue weighted by atomic mass is 35.5. The van der Waals surface area contributed by atoms with Crippen LogP contribution in [0.15, 0.2) is 29.4 Å². The van der Waals surface area contributed by atoms with Gasteiger partial charge in [-0.05, 0) is 24.3 Å². The molecule has 8 nitrogen and oxygen atoms in total. The van der Waals surface area contributed by atoms with Gasteiger partial charge >= 0.3 is 0 Å². The van der Waals surface area contributed by atoms with E-state index in [9.17, 15) is 14.9 Å². The van der Waals surface area contributed by atoms with E-state index in [1.54, 1.807) is 24.3 Å². The van der Waals surface area contributed by atoms with E-state index in [4.69, 9.17) is 17.3 Å². The van der Waals surface area contributed by atoms with Crippen molar-refractivity contribution in [3.05, 3.63) is 34.4 Å². The molecule has 0 bridgehead atoms. The van der Waals surface area contributed by atoms with Crippen LogP contribution in [0.25, 0.3) is 0 Å². The lowest BCUT2D eigenvalue weighted by atomic mass is 10.3. The second kappa shape index (κ2) is 6.40. The maximum Gasteiger partial charge on any atom is 0.270 e. The Balaban J connectivity index is 2.66. The zero-order valence-corrected chi connectivity index (χ0v) is 9.85. The molecule has 0 radical (unpaired) electrons. The molecule has 0 aliphatic rings. The van der Waals surface area contributed by atoms with Crippen LogP contribution in [0.3, 0.4) is 0 Å². The van der Waals surface area contributed by atoms with Crippen LogP contribution in [-0.4, -0.2) is 22.8 Å². The summed E-state index contributed by atoms with van der Waals surface area (Å²) in [4.78, 5) is 21.0. The number of hydrazone groups is 1. The minimum Gasteiger partial charge on any atom is -0.364 e. The van der Waals surface area contributed by atoms with Crippen LogP contribution in [0.5, 0.6) is 0 Å². The normalized spacial score (nSPS) is 10.8. The molecule has 0 aliphatic heterocycles. The van der Waals surface area contributed by atoms with Gasteiger partial charge in [0.05, 0.1) is 0 Å². The minimum atomic E-state index is -0.905. The van der Waals surface area contributed by atoms with Crippen molar-refractivity contribution in [1.29, 1.82) is 0 Å². The number of hydrogen-bond donors (Lipinski definition) is 3. The Hall–Kier alpha value is -2.35. The van der Waals surface area contributed by atoms with E-state index in [1.807, 2.05) is 0 Å². The van der Waals surface area contributed by atoms with Crippen molar-refractivity contribution < 1.29 is 9.83 Å². The van der Waals surface area contributed by atoms with Gasteiger partial charge in [0.15, 0.2) is 5.03 Å². The van der Waals surface area contributed by atoms with Gasteiger partial charge < -0.3 is 16.4 Å². The summed E-state index contributed by atoms with van der Waals surface area (Å²) >= 11 is 5.33. The Bertz CT molecular complexity index is 474. The van der Waals surface area contributed by atoms with Crippen LogP contribution in [0.4, 0.5) is 11.4 Å². The number of carbonyl (C=O) groups excluding carboxylic acids is 1.